The van der Waals surface area contributed by atoms with E-state index >= 15 is 0 Å². The lowest BCUT2D eigenvalue weighted by Gasteiger charge is -2.07. The number of amides is 1. The Hall–Kier alpha value is -1.80. The minimum atomic E-state index is -0.359. The predicted octanol–water partition coefficient (Wildman–Crippen LogP) is 3.35. The highest BCUT2D eigenvalue weighted by Crippen LogP contribution is 2.20. The second kappa shape index (κ2) is 7.71. The van der Waals surface area contributed by atoms with Crippen LogP contribution in [0.5, 0.6) is 0 Å². The summed E-state index contributed by atoms with van der Waals surface area (Å²) in [5.41, 5.74) is 1.97. The lowest BCUT2D eigenvalue weighted by molar-refractivity contribution is -0.117. The Morgan fingerprint density at radius 2 is 2.20 bits per heavy atom. The summed E-state index contributed by atoms with van der Waals surface area (Å²) in [6.45, 7) is 6.52. The van der Waals surface area contributed by atoms with Gasteiger partial charge in [-0.1, -0.05) is 29.8 Å². The number of nitrogens with zero attached hydrogens (tertiary/aromatic N) is 1. The van der Waals surface area contributed by atoms with Crippen LogP contribution in [0.4, 0.5) is 5.69 Å². The second-order valence-corrected chi connectivity index (χ2v) is 5.74. The molecule has 20 heavy (non-hydrogen) atoms. The summed E-state index contributed by atoms with van der Waals surface area (Å²) >= 11 is 3.42. The third kappa shape index (κ3) is 5.06. The van der Waals surface area contributed by atoms with Gasteiger partial charge in [-0.25, -0.2) is 0 Å². The normalized spacial score (nSPS) is 11.1. The molecule has 1 amide bonds. The third-order valence-electron chi connectivity index (χ3n) is 2.58. The van der Waals surface area contributed by atoms with Crippen molar-refractivity contribution in [2.24, 2.45) is 5.92 Å². The van der Waals surface area contributed by atoms with E-state index in [1.807, 2.05) is 45.0 Å². The van der Waals surface area contributed by atoms with Gasteiger partial charge in [-0.3, -0.25) is 4.79 Å². The zero-order valence-electron chi connectivity index (χ0n) is 11.8. The van der Waals surface area contributed by atoms with Gasteiger partial charge in [-0.05, 0) is 36.6 Å². The van der Waals surface area contributed by atoms with Crippen LogP contribution in [-0.4, -0.2) is 12.5 Å². The van der Waals surface area contributed by atoms with E-state index in [4.69, 9.17) is 5.26 Å². The van der Waals surface area contributed by atoms with Crippen molar-refractivity contribution in [3.8, 4) is 6.07 Å². The van der Waals surface area contributed by atoms with Gasteiger partial charge >= 0.3 is 0 Å². The van der Waals surface area contributed by atoms with Crippen LogP contribution in [0, 0.1) is 24.2 Å². The molecule has 0 radical (unpaired) electrons. The molecule has 2 N–H and O–H groups in total. The van der Waals surface area contributed by atoms with E-state index < -0.39 is 0 Å². The van der Waals surface area contributed by atoms with E-state index in [2.05, 4.69) is 26.6 Å². The van der Waals surface area contributed by atoms with Crippen molar-refractivity contribution in [1.82, 2.24) is 5.32 Å². The molecule has 0 saturated heterocycles. The van der Waals surface area contributed by atoms with Gasteiger partial charge in [0.25, 0.3) is 5.91 Å². The van der Waals surface area contributed by atoms with Crippen LogP contribution in [0.15, 0.2) is 34.4 Å². The Labute approximate surface area is 128 Å². The van der Waals surface area contributed by atoms with Crippen molar-refractivity contribution in [1.29, 1.82) is 5.26 Å². The van der Waals surface area contributed by atoms with Crippen LogP contribution in [0.2, 0.25) is 0 Å². The van der Waals surface area contributed by atoms with E-state index in [-0.39, 0.29) is 11.5 Å². The van der Waals surface area contributed by atoms with Gasteiger partial charge in [0.15, 0.2) is 0 Å². The first-order chi connectivity index (χ1) is 9.43. The molecule has 0 spiro atoms. The molecule has 0 fully saturated rings. The molecule has 0 aliphatic carbocycles. The molecule has 1 aromatic carbocycles. The number of benzene rings is 1. The van der Waals surface area contributed by atoms with Crippen LogP contribution in [-0.2, 0) is 4.79 Å². The highest BCUT2D eigenvalue weighted by molar-refractivity contribution is 9.10. The average molecular weight is 336 g/mol. The van der Waals surface area contributed by atoms with Gasteiger partial charge in [0.2, 0.25) is 0 Å². The molecule has 1 aromatic rings. The highest BCUT2D eigenvalue weighted by Gasteiger charge is 2.08. The fourth-order valence-electron chi connectivity index (χ4n) is 1.43. The number of nitrogens with one attached hydrogen (secondary N) is 2. The maximum Gasteiger partial charge on any atom is 0.263 e. The lowest BCUT2D eigenvalue weighted by atomic mass is 10.2. The first-order valence-corrected chi connectivity index (χ1v) is 7.14. The Balaban J connectivity index is 2.72. The smallest absolute Gasteiger partial charge is 0.263 e. The quantitative estimate of drug-likeness (QED) is 0.640. The lowest BCUT2D eigenvalue weighted by Crippen LogP contribution is -2.28. The van der Waals surface area contributed by atoms with Gasteiger partial charge in [0.1, 0.15) is 11.6 Å². The molecule has 0 aliphatic heterocycles. The molecule has 0 aromatic heterocycles. The van der Waals surface area contributed by atoms with Crippen molar-refractivity contribution >= 4 is 27.5 Å². The van der Waals surface area contributed by atoms with Crippen molar-refractivity contribution < 1.29 is 4.79 Å². The third-order valence-corrected chi connectivity index (χ3v) is 3.47. The number of hydrogen-bond acceptors (Lipinski definition) is 3. The van der Waals surface area contributed by atoms with E-state index in [0.29, 0.717) is 12.5 Å². The fourth-order valence-corrected chi connectivity index (χ4v) is 1.68. The van der Waals surface area contributed by atoms with Gasteiger partial charge in [-0.15, -0.1) is 0 Å². The number of carbonyl (C=O) groups excluding carboxylic acids is 1. The standard InChI is InChI=1S/C15H18BrN3O/c1-10(2)8-19-15(20)12(7-17)9-18-13-4-5-14(16)11(3)6-13/h4-6,9-10,18H,8H2,1-3H3,(H,19,20)/b12-9-. The zero-order chi connectivity index (χ0) is 15.1. The summed E-state index contributed by atoms with van der Waals surface area (Å²) < 4.78 is 1.02. The topological polar surface area (TPSA) is 64.9 Å². The minimum Gasteiger partial charge on any atom is -0.360 e. The van der Waals surface area contributed by atoms with Crippen LogP contribution in [0.25, 0.3) is 0 Å². The number of aryl methyl sites for hydroxylation is 1. The van der Waals surface area contributed by atoms with E-state index in [0.717, 1.165) is 15.7 Å². The molecular formula is C15H18BrN3O. The van der Waals surface area contributed by atoms with Gasteiger partial charge in [0, 0.05) is 22.9 Å². The predicted molar refractivity (Wildman–Crippen MR) is 84.0 cm³/mol. The number of nitriles is 1. The van der Waals surface area contributed by atoms with Crippen LogP contribution in [0.3, 0.4) is 0 Å². The molecule has 4 nitrogen and oxygen atoms in total. The molecule has 106 valence electrons. The second-order valence-electron chi connectivity index (χ2n) is 4.88. The summed E-state index contributed by atoms with van der Waals surface area (Å²) in [6.07, 6.45) is 1.43. The maximum atomic E-state index is 11.8. The van der Waals surface area contributed by atoms with Crippen LogP contribution < -0.4 is 10.6 Å². The van der Waals surface area contributed by atoms with Crippen molar-refractivity contribution in [3.05, 3.63) is 40.0 Å². The molecule has 0 atom stereocenters. The summed E-state index contributed by atoms with van der Waals surface area (Å²) in [4.78, 5) is 11.8. The molecule has 0 unspecified atom stereocenters. The monoisotopic (exact) mass is 335 g/mol. The van der Waals surface area contributed by atoms with Crippen molar-refractivity contribution in [2.45, 2.75) is 20.8 Å². The Morgan fingerprint density at radius 1 is 1.50 bits per heavy atom. The first-order valence-electron chi connectivity index (χ1n) is 6.35. The summed E-state index contributed by atoms with van der Waals surface area (Å²) in [6, 6.07) is 7.61. The van der Waals surface area contributed by atoms with Crippen LogP contribution in [0.1, 0.15) is 19.4 Å². The summed E-state index contributed by atoms with van der Waals surface area (Å²) in [7, 11) is 0. The molecular weight excluding hydrogens is 318 g/mol. The zero-order valence-corrected chi connectivity index (χ0v) is 13.4. The summed E-state index contributed by atoms with van der Waals surface area (Å²) in [5.74, 6) is -0.0106. The van der Waals surface area contributed by atoms with E-state index in [1.165, 1.54) is 6.20 Å². The summed E-state index contributed by atoms with van der Waals surface area (Å²) in [5, 5.41) is 14.7. The van der Waals surface area contributed by atoms with E-state index in [9.17, 15) is 4.79 Å². The SMILES string of the molecule is Cc1cc(N/C=C(/C#N)C(=O)NCC(C)C)ccc1Br. The molecule has 0 bridgehead atoms. The number of rotatable bonds is 5. The Morgan fingerprint density at radius 3 is 2.75 bits per heavy atom. The minimum absolute atomic E-state index is 0.0613. The molecule has 0 heterocycles. The first kappa shape index (κ1) is 16.3. The average Bonchev–Trinajstić information content (AvgIpc) is 2.41. The Kier molecular flexibility index (Phi) is 6.26. The Bertz CT molecular complexity index is 559. The van der Waals surface area contributed by atoms with Gasteiger partial charge in [-0.2, -0.15) is 5.26 Å². The van der Waals surface area contributed by atoms with Crippen LogP contribution >= 0.6 is 15.9 Å². The molecule has 5 heteroatoms. The number of carbonyl (C=O) groups is 1. The number of halogens is 1. The number of hydrogen-bond donors (Lipinski definition) is 2. The van der Waals surface area contributed by atoms with Crippen molar-refractivity contribution in [3.63, 3.8) is 0 Å². The number of anilines is 1. The van der Waals surface area contributed by atoms with Gasteiger partial charge < -0.3 is 10.6 Å². The highest BCUT2D eigenvalue weighted by atomic mass is 79.9. The molecule has 0 saturated carbocycles. The maximum absolute atomic E-state index is 11.8. The molecule has 1 rings (SSSR count). The van der Waals surface area contributed by atoms with Gasteiger partial charge in [0.05, 0.1) is 0 Å². The van der Waals surface area contributed by atoms with Crippen molar-refractivity contribution in [2.75, 3.05) is 11.9 Å². The van der Waals surface area contributed by atoms with E-state index in [1.54, 1.807) is 0 Å². The molecule has 0 aliphatic rings. The largest absolute Gasteiger partial charge is 0.360 e. The fraction of sp³-hybridized carbons (Fsp3) is 0.333.